The summed E-state index contributed by atoms with van der Waals surface area (Å²) in [6, 6.07) is 5.66. The van der Waals surface area contributed by atoms with Crippen LogP contribution in [0.15, 0.2) is 22.6 Å². The minimum atomic E-state index is -2.56. The van der Waals surface area contributed by atoms with Gasteiger partial charge in [-0.15, -0.1) is 10.2 Å². The summed E-state index contributed by atoms with van der Waals surface area (Å²) in [5, 5.41) is 18.9. The Hall–Kier alpha value is -3.04. The molecule has 4 rings (SSSR count). The number of nitrogens with zero attached hydrogens (tertiary/aromatic N) is 5. The fourth-order valence-corrected chi connectivity index (χ4v) is 3.64. The maximum absolute atomic E-state index is 13.5. The van der Waals surface area contributed by atoms with Crippen molar-refractivity contribution in [3.63, 3.8) is 0 Å². The lowest BCUT2D eigenvalue weighted by atomic mass is 9.92. The van der Waals surface area contributed by atoms with Crippen molar-refractivity contribution in [2.45, 2.75) is 65.0 Å². The molecule has 3 aromatic rings. The van der Waals surface area contributed by atoms with Gasteiger partial charge in [-0.2, -0.15) is 5.10 Å². The Labute approximate surface area is 173 Å². The van der Waals surface area contributed by atoms with E-state index in [-0.39, 0.29) is 18.9 Å². The van der Waals surface area contributed by atoms with Gasteiger partial charge in [-0.3, -0.25) is 0 Å². The van der Waals surface area contributed by atoms with Crippen LogP contribution < -0.4 is 10.6 Å². The summed E-state index contributed by atoms with van der Waals surface area (Å²) in [6.07, 6.45) is 0.596. The van der Waals surface area contributed by atoms with Crippen molar-refractivity contribution in [2.75, 3.05) is 10.6 Å². The number of anilines is 2. The van der Waals surface area contributed by atoms with Crippen LogP contribution in [0.25, 0.3) is 5.82 Å². The minimum absolute atomic E-state index is 0.0423. The van der Waals surface area contributed by atoms with E-state index in [1.54, 1.807) is 11.6 Å². The summed E-state index contributed by atoms with van der Waals surface area (Å²) in [7, 11) is 0. The molecule has 160 valence electrons. The number of aromatic nitrogens is 5. The van der Waals surface area contributed by atoms with Gasteiger partial charge in [0, 0.05) is 49.3 Å². The first kappa shape index (κ1) is 20.2. The van der Waals surface area contributed by atoms with Crippen molar-refractivity contribution < 1.29 is 13.2 Å². The fourth-order valence-electron chi connectivity index (χ4n) is 3.64. The SMILES string of the molecule is Cc1cc(C)n(-c2cc(NCc3nnc(C)o3)cc(NC3CCC(F)(F)CC3)n2)n1. The number of pyridine rings is 1. The molecule has 1 fully saturated rings. The van der Waals surface area contributed by atoms with Crippen molar-refractivity contribution in [1.29, 1.82) is 0 Å². The van der Waals surface area contributed by atoms with Crippen LogP contribution in [0.2, 0.25) is 0 Å². The molecule has 8 nitrogen and oxygen atoms in total. The molecule has 3 aromatic heterocycles. The van der Waals surface area contributed by atoms with E-state index in [1.165, 1.54) is 0 Å². The van der Waals surface area contributed by atoms with Crippen molar-refractivity contribution in [3.05, 3.63) is 41.4 Å². The van der Waals surface area contributed by atoms with Crippen LogP contribution in [0.3, 0.4) is 0 Å². The molecular weight excluding hydrogens is 392 g/mol. The summed E-state index contributed by atoms with van der Waals surface area (Å²) >= 11 is 0. The van der Waals surface area contributed by atoms with E-state index in [1.807, 2.05) is 32.0 Å². The van der Waals surface area contributed by atoms with Gasteiger partial charge in [-0.1, -0.05) is 0 Å². The third-order valence-electron chi connectivity index (χ3n) is 5.12. The van der Waals surface area contributed by atoms with Crippen LogP contribution in [0.1, 0.15) is 48.9 Å². The zero-order chi connectivity index (χ0) is 21.3. The summed E-state index contributed by atoms with van der Waals surface area (Å²) in [5.74, 6) is -0.343. The van der Waals surface area contributed by atoms with Crippen LogP contribution in [0.5, 0.6) is 0 Å². The molecule has 0 radical (unpaired) electrons. The quantitative estimate of drug-likeness (QED) is 0.621. The van der Waals surface area contributed by atoms with E-state index in [2.05, 4.69) is 30.9 Å². The molecule has 30 heavy (non-hydrogen) atoms. The molecule has 0 bridgehead atoms. The Morgan fingerprint density at radius 1 is 1.13 bits per heavy atom. The lowest BCUT2D eigenvalue weighted by Crippen LogP contribution is -2.32. The first-order valence-electron chi connectivity index (χ1n) is 10.0. The number of aryl methyl sites for hydroxylation is 3. The Kier molecular flexibility index (Phi) is 5.40. The van der Waals surface area contributed by atoms with Gasteiger partial charge in [0.25, 0.3) is 0 Å². The highest BCUT2D eigenvalue weighted by molar-refractivity contribution is 5.57. The molecule has 1 aliphatic rings. The van der Waals surface area contributed by atoms with Crippen molar-refractivity contribution in [2.24, 2.45) is 0 Å². The monoisotopic (exact) mass is 417 g/mol. The Morgan fingerprint density at radius 2 is 1.90 bits per heavy atom. The van der Waals surface area contributed by atoms with Crippen molar-refractivity contribution in [3.8, 4) is 5.82 Å². The summed E-state index contributed by atoms with van der Waals surface area (Å²) in [5.41, 5.74) is 2.62. The van der Waals surface area contributed by atoms with Crippen molar-refractivity contribution in [1.82, 2.24) is 25.0 Å². The summed E-state index contributed by atoms with van der Waals surface area (Å²) in [6.45, 7) is 5.97. The van der Waals surface area contributed by atoms with Gasteiger partial charge < -0.3 is 15.1 Å². The molecule has 0 amide bonds. The van der Waals surface area contributed by atoms with Crippen LogP contribution >= 0.6 is 0 Å². The number of halogens is 2. The number of hydrogen-bond donors (Lipinski definition) is 2. The van der Waals surface area contributed by atoms with Gasteiger partial charge in [-0.05, 0) is 32.8 Å². The minimum Gasteiger partial charge on any atom is -0.424 e. The Morgan fingerprint density at radius 3 is 2.53 bits per heavy atom. The first-order chi connectivity index (χ1) is 14.3. The highest BCUT2D eigenvalue weighted by atomic mass is 19.3. The lowest BCUT2D eigenvalue weighted by molar-refractivity contribution is -0.0361. The van der Waals surface area contributed by atoms with E-state index in [4.69, 9.17) is 4.42 Å². The van der Waals surface area contributed by atoms with E-state index >= 15 is 0 Å². The number of nitrogens with one attached hydrogen (secondary N) is 2. The van der Waals surface area contributed by atoms with Gasteiger partial charge in [0.05, 0.1) is 12.2 Å². The van der Waals surface area contributed by atoms with Gasteiger partial charge in [0.1, 0.15) is 5.82 Å². The molecule has 3 heterocycles. The molecule has 0 unspecified atom stereocenters. The maximum Gasteiger partial charge on any atom is 0.248 e. The molecule has 2 N–H and O–H groups in total. The third-order valence-corrected chi connectivity index (χ3v) is 5.12. The topological polar surface area (TPSA) is 93.7 Å². The fraction of sp³-hybridized carbons (Fsp3) is 0.500. The second-order valence-corrected chi connectivity index (χ2v) is 7.78. The van der Waals surface area contributed by atoms with Crippen molar-refractivity contribution >= 4 is 11.5 Å². The molecule has 1 aliphatic carbocycles. The summed E-state index contributed by atoms with van der Waals surface area (Å²) in [4.78, 5) is 4.68. The molecule has 0 atom stereocenters. The average molecular weight is 417 g/mol. The van der Waals surface area contributed by atoms with E-state index in [0.717, 1.165) is 17.1 Å². The maximum atomic E-state index is 13.5. The second-order valence-electron chi connectivity index (χ2n) is 7.78. The average Bonchev–Trinajstić information content (AvgIpc) is 3.26. The molecule has 10 heteroatoms. The predicted molar refractivity (Wildman–Crippen MR) is 108 cm³/mol. The molecule has 0 spiro atoms. The number of alkyl halides is 2. The van der Waals surface area contributed by atoms with E-state index < -0.39 is 5.92 Å². The predicted octanol–water partition coefficient (Wildman–Crippen LogP) is 4.18. The third kappa shape index (κ3) is 4.74. The van der Waals surface area contributed by atoms with E-state index in [0.29, 0.717) is 42.8 Å². The van der Waals surface area contributed by atoms with Gasteiger partial charge in [0.2, 0.25) is 17.7 Å². The number of rotatable bonds is 6. The Bertz CT molecular complexity index is 1020. The number of hydrogen-bond acceptors (Lipinski definition) is 7. The van der Waals surface area contributed by atoms with Crippen LogP contribution in [0, 0.1) is 20.8 Å². The highest BCUT2D eigenvalue weighted by Crippen LogP contribution is 2.34. The molecule has 1 saturated carbocycles. The highest BCUT2D eigenvalue weighted by Gasteiger charge is 2.35. The second kappa shape index (κ2) is 8.00. The summed E-state index contributed by atoms with van der Waals surface area (Å²) < 4.78 is 34.2. The van der Waals surface area contributed by atoms with Gasteiger partial charge in [0.15, 0.2) is 5.82 Å². The molecular formula is C20H25F2N7O. The van der Waals surface area contributed by atoms with Crippen LogP contribution in [0.4, 0.5) is 20.3 Å². The molecule has 0 aromatic carbocycles. The first-order valence-corrected chi connectivity index (χ1v) is 10.0. The van der Waals surface area contributed by atoms with E-state index in [9.17, 15) is 8.78 Å². The van der Waals surface area contributed by atoms with Crippen LogP contribution in [-0.2, 0) is 6.54 Å². The largest absolute Gasteiger partial charge is 0.424 e. The zero-order valence-corrected chi connectivity index (χ0v) is 17.2. The Balaban J connectivity index is 1.58. The normalized spacial score (nSPS) is 16.6. The standard InChI is InChI=1S/C20H25F2N7O/c1-12-8-13(2)29(28-12)18-10-16(23-11-19-27-26-14(3)30-19)9-17(25-18)24-15-4-6-20(21,22)7-5-15/h8-10,15H,4-7,11H2,1-3H3,(H2,23,24,25). The van der Waals surface area contributed by atoms with Crippen LogP contribution in [-0.4, -0.2) is 36.9 Å². The molecule has 0 saturated heterocycles. The zero-order valence-electron chi connectivity index (χ0n) is 17.2. The smallest absolute Gasteiger partial charge is 0.248 e. The molecule has 0 aliphatic heterocycles. The lowest BCUT2D eigenvalue weighted by Gasteiger charge is -2.29. The van der Waals surface area contributed by atoms with Gasteiger partial charge in [-0.25, -0.2) is 18.4 Å². The van der Waals surface area contributed by atoms with Gasteiger partial charge >= 0.3 is 0 Å².